The molecule has 3 rings (SSSR count). The van der Waals surface area contributed by atoms with E-state index in [0.717, 1.165) is 28.3 Å². The van der Waals surface area contributed by atoms with E-state index in [1.165, 1.54) is 0 Å². The van der Waals surface area contributed by atoms with Crippen molar-refractivity contribution in [3.8, 4) is 17.2 Å². The van der Waals surface area contributed by atoms with Crippen LogP contribution in [0.2, 0.25) is 0 Å². The number of aryl methyl sites for hydroxylation is 3. The van der Waals surface area contributed by atoms with Crippen LogP contribution in [0.3, 0.4) is 0 Å². The molecule has 0 unspecified atom stereocenters. The Morgan fingerprint density at radius 1 is 0.800 bits per heavy atom. The molecule has 0 saturated heterocycles. The molecule has 0 spiro atoms. The third-order valence-electron chi connectivity index (χ3n) is 3.06. The number of hydrogen-bond acceptors (Lipinski definition) is 3. The Labute approximate surface area is 118 Å². The monoisotopic (exact) mass is 264 g/mol. The molecule has 0 bridgehead atoms. The predicted molar refractivity (Wildman–Crippen MR) is 78.8 cm³/mol. The molecule has 0 aliphatic carbocycles. The molecule has 0 atom stereocenters. The van der Waals surface area contributed by atoms with Crippen LogP contribution in [0, 0.1) is 20.8 Å². The van der Waals surface area contributed by atoms with E-state index in [2.05, 4.69) is 33.3 Å². The molecule has 0 aliphatic heterocycles. The van der Waals surface area contributed by atoms with Crippen molar-refractivity contribution in [3.05, 3.63) is 59.5 Å². The summed E-state index contributed by atoms with van der Waals surface area (Å²) in [6, 6.07) is 14.2. The SMILES string of the molecule is Cc1cc(C)nc(-n2nc(C)cc2-c2ccccc2)n1. The maximum absolute atomic E-state index is 4.53. The first-order valence-corrected chi connectivity index (χ1v) is 6.58. The molecular weight excluding hydrogens is 248 g/mol. The highest BCUT2D eigenvalue weighted by Crippen LogP contribution is 2.22. The average molecular weight is 264 g/mol. The molecule has 0 N–H and O–H groups in total. The molecule has 4 heteroatoms. The minimum atomic E-state index is 0.620. The largest absolute Gasteiger partial charge is 0.251 e. The first-order valence-electron chi connectivity index (χ1n) is 6.58. The minimum absolute atomic E-state index is 0.620. The number of aromatic nitrogens is 4. The van der Waals surface area contributed by atoms with Gasteiger partial charge in [0.15, 0.2) is 0 Å². The first-order chi connectivity index (χ1) is 9.63. The normalized spacial score (nSPS) is 10.8. The second kappa shape index (κ2) is 4.89. The highest BCUT2D eigenvalue weighted by molar-refractivity contribution is 5.61. The molecule has 1 aromatic carbocycles. The van der Waals surface area contributed by atoms with Gasteiger partial charge in [0, 0.05) is 17.0 Å². The fourth-order valence-electron chi connectivity index (χ4n) is 2.27. The van der Waals surface area contributed by atoms with Crippen LogP contribution in [0.1, 0.15) is 17.1 Å². The maximum atomic E-state index is 4.53. The van der Waals surface area contributed by atoms with Crippen molar-refractivity contribution >= 4 is 0 Å². The Kier molecular flexibility index (Phi) is 3.06. The van der Waals surface area contributed by atoms with Gasteiger partial charge in [0.05, 0.1) is 11.4 Å². The zero-order chi connectivity index (χ0) is 14.1. The fraction of sp³-hybridized carbons (Fsp3) is 0.188. The van der Waals surface area contributed by atoms with E-state index in [0.29, 0.717) is 5.95 Å². The Morgan fingerprint density at radius 3 is 2.10 bits per heavy atom. The Morgan fingerprint density at radius 2 is 1.45 bits per heavy atom. The highest BCUT2D eigenvalue weighted by Gasteiger charge is 2.12. The minimum Gasteiger partial charge on any atom is -0.216 e. The Bertz CT molecular complexity index is 724. The summed E-state index contributed by atoms with van der Waals surface area (Å²) in [5.74, 6) is 0.620. The van der Waals surface area contributed by atoms with Gasteiger partial charge in [0.25, 0.3) is 5.95 Å². The quantitative estimate of drug-likeness (QED) is 0.713. The van der Waals surface area contributed by atoms with Gasteiger partial charge in [-0.15, -0.1) is 0 Å². The van der Waals surface area contributed by atoms with Crippen molar-refractivity contribution in [2.45, 2.75) is 20.8 Å². The summed E-state index contributed by atoms with van der Waals surface area (Å²) in [6.07, 6.45) is 0. The van der Waals surface area contributed by atoms with E-state index in [9.17, 15) is 0 Å². The zero-order valence-corrected chi connectivity index (χ0v) is 11.8. The molecule has 2 heterocycles. The van der Waals surface area contributed by atoms with Gasteiger partial charge < -0.3 is 0 Å². The van der Waals surface area contributed by atoms with Gasteiger partial charge in [-0.1, -0.05) is 30.3 Å². The fourth-order valence-corrected chi connectivity index (χ4v) is 2.27. The van der Waals surface area contributed by atoms with Gasteiger partial charge in [-0.3, -0.25) is 0 Å². The summed E-state index contributed by atoms with van der Waals surface area (Å²) < 4.78 is 1.81. The van der Waals surface area contributed by atoms with Crippen molar-refractivity contribution in [3.63, 3.8) is 0 Å². The Hall–Kier alpha value is -2.49. The van der Waals surface area contributed by atoms with Crippen molar-refractivity contribution in [2.75, 3.05) is 0 Å². The van der Waals surface area contributed by atoms with Crippen molar-refractivity contribution in [1.82, 2.24) is 19.7 Å². The lowest BCUT2D eigenvalue weighted by Gasteiger charge is -2.07. The van der Waals surface area contributed by atoms with Gasteiger partial charge in [0.1, 0.15) is 0 Å². The summed E-state index contributed by atoms with van der Waals surface area (Å²) in [4.78, 5) is 8.99. The maximum Gasteiger partial charge on any atom is 0.251 e. The van der Waals surface area contributed by atoms with E-state index in [4.69, 9.17) is 0 Å². The topological polar surface area (TPSA) is 43.6 Å². The molecule has 0 aliphatic rings. The number of benzene rings is 1. The molecule has 0 radical (unpaired) electrons. The predicted octanol–water partition coefficient (Wildman–Crippen LogP) is 3.25. The van der Waals surface area contributed by atoms with Gasteiger partial charge in [-0.25, -0.2) is 9.97 Å². The summed E-state index contributed by atoms with van der Waals surface area (Å²) in [7, 11) is 0. The molecular formula is C16H16N4. The van der Waals surface area contributed by atoms with Crippen LogP contribution in [0.15, 0.2) is 42.5 Å². The second-order valence-electron chi connectivity index (χ2n) is 4.90. The van der Waals surface area contributed by atoms with Crippen LogP contribution in [-0.2, 0) is 0 Å². The summed E-state index contributed by atoms with van der Waals surface area (Å²) in [5.41, 5.74) is 4.95. The van der Waals surface area contributed by atoms with Crippen LogP contribution in [0.25, 0.3) is 17.2 Å². The van der Waals surface area contributed by atoms with Gasteiger partial charge in [0.2, 0.25) is 0 Å². The van der Waals surface area contributed by atoms with Crippen molar-refractivity contribution in [2.24, 2.45) is 0 Å². The van der Waals surface area contributed by atoms with Crippen molar-refractivity contribution in [1.29, 1.82) is 0 Å². The van der Waals surface area contributed by atoms with Gasteiger partial charge >= 0.3 is 0 Å². The molecule has 0 amide bonds. The smallest absolute Gasteiger partial charge is 0.216 e. The highest BCUT2D eigenvalue weighted by atomic mass is 15.4. The number of rotatable bonds is 2. The second-order valence-corrected chi connectivity index (χ2v) is 4.90. The van der Waals surface area contributed by atoms with E-state index in [1.807, 2.05) is 49.7 Å². The molecule has 3 aromatic rings. The zero-order valence-electron chi connectivity index (χ0n) is 11.8. The van der Waals surface area contributed by atoms with E-state index < -0.39 is 0 Å². The molecule has 20 heavy (non-hydrogen) atoms. The molecule has 0 fully saturated rings. The first kappa shape index (κ1) is 12.5. The van der Waals surface area contributed by atoms with Gasteiger partial charge in [-0.2, -0.15) is 9.78 Å². The molecule has 2 aromatic heterocycles. The lowest BCUT2D eigenvalue weighted by atomic mass is 10.1. The van der Waals surface area contributed by atoms with E-state index >= 15 is 0 Å². The van der Waals surface area contributed by atoms with Gasteiger partial charge in [-0.05, 0) is 32.9 Å². The lowest BCUT2D eigenvalue weighted by Crippen LogP contribution is -2.06. The van der Waals surface area contributed by atoms with E-state index in [-0.39, 0.29) is 0 Å². The number of hydrogen-bond donors (Lipinski definition) is 0. The summed E-state index contributed by atoms with van der Waals surface area (Å²) in [5, 5.41) is 4.53. The standard InChI is InChI=1S/C16H16N4/c1-11-9-12(2)18-16(17-11)20-15(10-13(3)19-20)14-7-5-4-6-8-14/h4-10H,1-3H3. The molecule has 100 valence electrons. The third kappa shape index (κ3) is 2.32. The summed E-state index contributed by atoms with van der Waals surface area (Å²) >= 11 is 0. The van der Waals surface area contributed by atoms with Crippen LogP contribution in [0.4, 0.5) is 0 Å². The molecule has 0 saturated carbocycles. The van der Waals surface area contributed by atoms with Crippen LogP contribution >= 0.6 is 0 Å². The van der Waals surface area contributed by atoms with Crippen LogP contribution < -0.4 is 0 Å². The third-order valence-corrected chi connectivity index (χ3v) is 3.06. The average Bonchev–Trinajstić information content (AvgIpc) is 2.81. The van der Waals surface area contributed by atoms with Crippen LogP contribution in [0.5, 0.6) is 0 Å². The van der Waals surface area contributed by atoms with Crippen LogP contribution in [-0.4, -0.2) is 19.7 Å². The number of nitrogens with zero attached hydrogens (tertiary/aromatic N) is 4. The summed E-state index contributed by atoms with van der Waals surface area (Å²) in [6.45, 7) is 5.92. The lowest BCUT2D eigenvalue weighted by molar-refractivity contribution is 0.790. The van der Waals surface area contributed by atoms with Crippen molar-refractivity contribution < 1.29 is 0 Å². The van der Waals surface area contributed by atoms with E-state index in [1.54, 1.807) is 0 Å². The molecule has 4 nitrogen and oxygen atoms in total. The Balaban J connectivity index is 2.19.